The van der Waals surface area contributed by atoms with Gasteiger partial charge in [0.2, 0.25) is 0 Å². The molecular weight excluding hydrogens is 338 g/mol. The van der Waals surface area contributed by atoms with Crippen LogP contribution in [0.2, 0.25) is 0 Å². The van der Waals surface area contributed by atoms with Gasteiger partial charge in [0.1, 0.15) is 11.6 Å². The van der Waals surface area contributed by atoms with Gasteiger partial charge < -0.3 is 8.83 Å². The molecule has 0 atom stereocenters. The lowest BCUT2D eigenvalue weighted by atomic mass is 9.99. The molecule has 4 rings (SSSR count). The Bertz CT molecular complexity index is 1010. The first-order valence-corrected chi connectivity index (χ1v) is 7.86. The van der Waals surface area contributed by atoms with Gasteiger partial charge in [0, 0.05) is 22.3 Å². The van der Waals surface area contributed by atoms with Gasteiger partial charge in [-0.25, -0.2) is 8.78 Å². The predicted octanol–water partition coefficient (Wildman–Crippen LogP) is 5.72. The van der Waals surface area contributed by atoms with E-state index in [0.29, 0.717) is 11.1 Å². The Morgan fingerprint density at radius 1 is 0.615 bits per heavy atom. The minimum absolute atomic E-state index is 0.0670. The van der Waals surface area contributed by atoms with Crippen LogP contribution in [0, 0.1) is 11.6 Å². The average molecular weight is 350 g/mol. The molecule has 26 heavy (non-hydrogen) atoms. The first-order chi connectivity index (χ1) is 12.7. The monoisotopic (exact) mass is 350 g/mol. The van der Waals surface area contributed by atoms with Gasteiger partial charge in [-0.1, -0.05) is 36.4 Å². The molecule has 5 heteroatoms. The van der Waals surface area contributed by atoms with Gasteiger partial charge in [0.05, 0.1) is 12.5 Å². The summed E-state index contributed by atoms with van der Waals surface area (Å²) >= 11 is 0. The van der Waals surface area contributed by atoms with E-state index < -0.39 is 17.4 Å². The third-order valence-corrected chi connectivity index (χ3v) is 4.07. The van der Waals surface area contributed by atoms with E-state index in [1.54, 1.807) is 36.4 Å². The van der Waals surface area contributed by atoms with E-state index >= 15 is 0 Å². The standard InChI is InChI=1S/C21H12F2O3/c22-17-7-3-1-5-13(17)15-9-11-25-20(15)19(24)21-16(10-12-26-21)14-6-2-4-8-18(14)23/h1-12H. The normalized spacial score (nSPS) is 10.8. The predicted molar refractivity (Wildman–Crippen MR) is 91.6 cm³/mol. The number of benzene rings is 2. The molecule has 0 spiro atoms. The molecular formula is C21H12F2O3. The van der Waals surface area contributed by atoms with E-state index in [4.69, 9.17) is 8.83 Å². The summed E-state index contributed by atoms with van der Waals surface area (Å²) in [4.78, 5) is 12.9. The summed E-state index contributed by atoms with van der Waals surface area (Å²) in [7, 11) is 0. The zero-order valence-corrected chi connectivity index (χ0v) is 13.4. The molecule has 128 valence electrons. The van der Waals surface area contributed by atoms with Crippen LogP contribution in [0.3, 0.4) is 0 Å². The largest absolute Gasteiger partial charge is 0.460 e. The molecule has 0 saturated heterocycles. The molecule has 0 radical (unpaired) electrons. The minimum atomic E-state index is -0.587. The summed E-state index contributed by atoms with van der Waals surface area (Å²) in [6, 6.07) is 15.2. The highest BCUT2D eigenvalue weighted by molar-refractivity contribution is 6.12. The lowest BCUT2D eigenvalue weighted by molar-refractivity contribution is 0.0985. The van der Waals surface area contributed by atoms with Crippen molar-refractivity contribution >= 4 is 5.78 Å². The van der Waals surface area contributed by atoms with E-state index in [9.17, 15) is 13.6 Å². The average Bonchev–Trinajstić information content (AvgIpc) is 3.31. The molecule has 3 nitrogen and oxygen atoms in total. The van der Waals surface area contributed by atoms with Gasteiger partial charge in [-0.15, -0.1) is 0 Å². The second kappa shape index (κ2) is 6.44. The van der Waals surface area contributed by atoms with E-state index in [-0.39, 0.29) is 22.6 Å². The van der Waals surface area contributed by atoms with Crippen molar-refractivity contribution in [3.63, 3.8) is 0 Å². The minimum Gasteiger partial charge on any atom is -0.460 e. The molecule has 0 aliphatic heterocycles. The van der Waals surface area contributed by atoms with Crippen LogP contribution in [0.15, 0.2) is 82.0 Å². The Hall–Kier alpha value is -3.47. The number of halogens is 2. The van der Waals surface area contributed by atoms with Crippen LogP contribution < -0.4 is 0 Å². The summed E-state index contributed by atoms with van der Waals surface area (Å²) < 4.78 is 38.8. The van der Waals surface area contributed by atoms with Gasteiger partial charge in [0.15, 0.2) is 11.5 Å². The Balaban J connectivity index is 1.81. The third kappa shape index (κ3) is 2.63. The molecule has 0 unspecified atom stereocenters. The van der Waals surface area contributed by atoms with Crippen molar-refractivity contribution in [2.75, 3.05) is 0 Å². The number of carbonyl (C=O) groups is 1. The highest BCUT2D eigenvalue weighted by Crippen LogP contribution is 2.33. The van der Waals surface area contributed by atoms with Crippen molar-refractivity contribution in [3.8, 4) is 22.3 Å². The van der Waals surface area contributed by atoms with Crippen molar-refractivity contribution < 1.29 is 22.4 Å². The fraction of sp³-hybridized carbons (Fsp3) is 0. The number of hydrogen-bond donors (Lipinski definition) is 0. The lowest BCUT2D eigenvalue weighted by Gasteiger charge is -2.05. The van der Waals surface area contributed by atoms with E-state index in [2.05, 4.69) is 0 Å². The van der Waals surface area contributed by atoms with Gasteiger partial charge in [-0.2, -0.15) is 0 Å². The molecule has 0 amide bonds. The van der Waals surface area contributed by atoms with E-state index in [0.717, 1.165) is 0 Å². The number of rotatable bonds is 4. The molecule has 2 aromatic carbocycles. The Labute approximate surface area is 147 Å². The van der Waals surface area contributed by atoms with E-state index in [1.807, 2.05) is 0 Å². The van der Waals surface area contributed by atoms with Gasteiger partial charge in [0.25, 0.3) is 5.78 Å². The van der Waals surface area contributed by atoms with Crippen molar-refractivity contribution in [3.05, 3.63) is 96.3 Å². The first kappa shape index (κ1) is 16.0. The van der Waals surface area contributed by atoms with Gasteiger partial charge in [-0.3, -0.25) is 4.79 Å². The summed E-state index contributed by atoms with van der Waals surface area (Å²) in [5, 5.41) is 0. The van der Waals surface area contributed by atoms with E-state index in [1.165, 1.54) is 36.8 Å². The second-order valence-corrected chi connectivity index (χ2v) is 5.62. The molecule has 4 aromatic rings. The topological polar surface area (TPSA) is 43.4 Å². The maximum absolute atomic E-state index is 14.1. The number of furan rings is 2. The highest BCUT2D eigenvalue weighted by atomic mass is 19.1. The summed E-state index contributed by atoms with van der Waals surface area (Å²) in [6.45, 7) is 0. The SMILES string of the molecule is O=C(c1occc1-c1ccccc1F)c1occc1-c1ccccc1F. The van der Waals surface area contributed by atoms with Crippen LogP contribution in [0.5, 0.6) is 0 Å². The zero-order valence-electron chi connectivity index (χ0n) is 13.4. The number of carbonyl (C=O) groups excluding carboxylic acids is 1. The Kier molecular flexibility index (Phi) is 3.97. The molecule has 0 aliphatic rings. The molecule has 0 fully saturated rings. The zero-order chi connectivity index (χ0) is 18.1. The summed E-state index contributed by atoms with van der Waals surface area (Å²) in [6.07, 6.45) is 2.61. The van der Waals surface area contributed by atoms with Crippen molar-refractivity contribution in [1.82, 2.24) is 0 Å². The summed E-state index contributed by atoms with van der Waals surface area (Å²) in [5.41, 5.74) is 1.10. The Morgan fingerprint density at radius 3 is 1.46 bits per heavy atom. The van der Waals surface area contributed by atoms with Crippen LogP contribution in [-0.4, -0.2) is 5.78 Å². The maximum atomic E-state index is 14.1. The van der Waals surface area contributed by atoms with Crippen LogP contribution >= 0.6 is 0 Å². The lowest BCUT2D eigenvalue weighted by Crippen LogP contribution is -2.03. The fourth-order valence-corrected chi connectivity index (χ4v) is 2.86. The van der Waals surface area contributed by atoms with Crippen LogP contribution in [0.25, 0.3) is 22.3 Å². The highest BCUT2D eigenvalue weighted by Gasteiger charge is 2.26. The molecule has 0 aliphatic carbocycles. The quantitative estimate of drug-likeness (QED) is 0.442. The smallest absolute Gasteiger partial charge is 0.264 e. The summed E-state index contributed by atoms with van der Waals surface area (Å²) in [5.74, 6) is -1.67. The van der Waals surface area contributed by atoms with Crippen LogP contribution in [-0.2, 0) is 0 Å². The number of ketones is 1. The Morgan fingerprint density at radius 2 is 1.04 bits per heavy atom. The first-order valence-electron chi connectivity index (χ1n) is 7.86. The fourth-order valence-electron chi connectivity index (χ4n) is 2.86. The molecule has 0 saturated carbocycles. The van der Waals surface area contributed by atoms with Crippen molar-refractivity contribution in [2.24, 2.45) is 0 Å². The van der Waals surface area contributed by atoms with Gasteiger partial charge in [-0.05, 0) is 24.3 Å². The molecule has 2 heterocycles. The molecule has 0 bridgehead atoms. The maximum Gasteiger partial charge on any atom is 0.264 e. The van der Waals surface area contributed by atoms with Crippen LogP contribution in [0.4, 0.5) is 8.78 Å². The third-order valence-electron chi connectivity index (χ3n) is 4.07. The van der Waals surface area contributed by atoms with Gasteiger partial charge >= 0.3 is 0 Å². The second-order valence-electron chi connectivity index (χ2n) is 5.62. The van der Waals surface area contributed by atoms with Crippen molar-refractivity contribution in [2.45, 2.75) is 0 Å². The molecule has 2 aromatic heterocycles. The van der Waals surface area contributed by atoms with Crippen LogP contribution in [0.1, 0.15) is 16.3 Å². The number of hydrogen-bond acceptors (Lipinski definition) is 3. The van der Waals surface area contributed by atoms with Crippen molar-refractivity contribution in [1.29, 1.82) is 0 Å². The molecule has 0 N–H and O–H groups in total.